The predicted molar refractivity (Wildman–Crippen MR) is 144 cm³/mol. The van der Waals surface area contributed by atoms with Crippen molar-refractivity contribution in [3.05, 3.63) is 54.2 Å². The molecule has 0 bridgehead atoms. The lowest BCUT2D eigenvalue weighted by atomic mass is 10.1. The van der Waals surface area contributed by atoms with Gasteiger partial charge in [0.25, 0.3) is 0 Å². The van der Waals surface area contributed by atoms with Crippen LogP contribution in [0.1, 0.15) is 30.9 Å². The molecule has 2 atom stereocenters. The fraction of sp³-hybridized carbons (Fsp3) is 0.423. The number of hydrogen-bond donors (Lipinski definition) is 1. The highest BCUT2D eigenvalue weighted by molar-refractivity contribution is 5.86. The number of benzene rings is 1. The summed E-state index contributed by atoms with van der Waals surface area (Å²) in [6, 6.07) is 10.8. The van der Waals surface area contributed by atoms with Gasteiger partial charge in [-0.3, -0.25) is 9.30 Å². The van der Waals surface area contributed by atoms with Gasteiger partial charge in [-0.05, 0) is 68.0 Å². The van der Waals surface area contributed by atoms with Crippen LogP contribution in [0.2, 0.25) is 0 Å². The van der Waals surface area contributed by atoms with Gasteiger partial charge in [0.1, 0.15) is 23.0 Å². The van der Waals surface area contributed by atoms with Gasteiger partial charge < -0.3 is 10.5 Å². The predicted octanol–water partition coefficient (Wildman–Crippen LogP) is 5.46. The second-order valence-electron chi connectivity index (χ2n) is 9.82. The highest BCUT2D eigenvalue weighted by Crippen LogP contribution is 2.40. The summed E-state index contributed by atoms with van der Waals surface area (Å²) in [5, 5.41) is 9.37. The highest BCUT2D eigenvalue weighted by Gasteiger charge is 2.46. The number of alkyl halides is 3. The zero-order valence-electron chi connectivity index (χ0n) is 20.5. The first-order valence-corrected chi connectivity index (χ1v) is 12.3. The number of nitrogens with two attached hydrogens (primary N) is 1. The molecule has 3 aromatic heterocycles. The van der Waals surface area contributed by atoms with Gasteiger partial charge in [-0.15, -0.1) is 35.0 Å². The summed E-state index contributed by atoms with van der Waals surface area (Å²) in [4.78, 5) is 6.27. The van der Waals surface area contributed by atoms with E-state index in [1.54, 1.807) is 10.5 Å². The number of likely N-dealkylation sites (tertiary alicyclic amines) is 1. The molecule has 1 aromatic carbocycles. The van der Waals surface area contributed by atoms with Crippen LogP contribution in [0.5, 0.6) is 5.75 Å². The maximum atomic E-state index is 14.3. The third kappa shape index (κ3) is 5.54. The molecular weight excluding hydrogens is 540 g/mol. The first-order chi connectivity index (χ1) is 17.4. The van der Waals surface area contributed by atoms with Crippen molar-refractivity contribution in [2.75, 3.05) is 26.2 Å². The molecule has 6 rings (SSSR count). The Morgan fingerprint density at radius 2 is 1.82 bits per heavy atom. The average Bonchev–Trinajstić information content (AvgIpc) is 3.42. The molecule has 4 heterocycles. The molecule has 2 N–H and O–H groups in total. The summed E-state index contributed by atoms with van der Waals surface area (Å²) in [5.74, 6) is 1.74. The van der Waals surface area contributed by atoms with E-state index >= 15 is 0 Å². The van der Waals surface area contributed by atoms with E-state index in [9.17, 15) is 13.2 Å². The van der Waals surface area contributed by atoms with Crippen molar-refractivity contribution in [1.82, 2.24) is 24.5 Å². The molecule has 38 heavy (non-hydrogen) atoms. The van der Waals surface area contributed by atoms with Crippen molar-refractivity contribution in [2.45, 2.75) is 31.5 Å². The van der Waals surface area contributed by atoms with Gasteiger partial charge in [0.05, 0.1) is 6.61 Å². The monoisotopic (exact) mass is 568 g/mol. The summed E-state index contributed by atoms with van der Waals surface area (Å²) < 4.78 is 50.4. The zero-order valence-corrected chi connectivity index (χ0v) is 22.1. The average molecular weight is 569 g/mol. The van der Waals surface area contributed by atoms with Crippen LogP contribution < -0.4 is 10.5 Å². The molecule has 204 valence electrons. The zero-order chi connectivity index (χ0) is 24.9. The normalized spacial score (nSPS) is 18.8. The standard InChI is InChI=1S/C26H27F3N6O.2ClH/c27-26(28,29)24(34-11-10-17(12-30)13-34)19-7-9-22-32-33-25(35(22)14-19)20-8-6-18-2-1-3-21(23(18)31-20)36-15-16-4-5-16;;/h1-3,6-9,14,16-17,24H,4-5,10-13,15,30H2;2*1H/t17-,24?;;/m1../s1. The van der Waals surface area contributed by atoms with Crippen LogP contribution in [0.4, 0.5) is 13.2 Å². The van der Waals surface area contributed by atoms with E-state index in [1.807, 2.05) is 30.3 Å². The van der Waals surface area contributed by atoms with E-state index in [0.717, 1.165) is 5.39 Å². The van der Waals surface area contributed by atoms with Crippen LogP contribution >= 0.6 is 24.8 Å². The first-order valence-electron chi connectivity index (χ1n) is 12.3. The Balaban J connectivity index is 0.00000168. The maximum Gasteiger partial charge on any atom is 0.408 e. The Bertz CT molecular complexity index is 1410. The molecule has 4 aromatic rings. The summed E-state index contributed by atoms with van der Waals surface area (Å²) in [6.45, 7) is 1.72. The van der Waals surface area contributed by atoms with E-state index in [1.165, 1.54) is 30.0 Å². The number of nitrogens with zero attached hydrogens (tertiary/aromatic N) is 5. The van der Waals surface area contributed by atoms with Crippen molar-refractivity contribution in [3.8, 4) is 17.3 Å². The van der Waals surface area contributed by atoms with Crippen LogP contribution in [0.3, 0.4) is 0 Å². The molecule has 1 unspecified atom stereocenters. The lowest BCUT2D eigenvalue weighted by molar-refractivity contribution is -0.184. The largest absolute Gasteiger partial charge is 0.491 e. The molecule has 1 saturated carbocycles. The molecule has 2 aliphatic rings. The number of rotatable bonds is 7. The number of ether oxygens (including phenoxy) is 1. The van der Waals surface area contributed by atoms with E-state index in [2.05, 4.69) is 10.2 Å². The lowest BCUT2D eigenvalue weighted by Crippen LogP contribution is -2.37. The Hall–Kier alpha value is -2.66. The van der Waals surface area contributed by atoms with E-state index in [0.29, 0.717) is 67.0 Å². The topological polar surface area (TPSA) is 81.6 Å². The second-order valence-corrected chi connectivity index (χ2v) is 9.82. The number of aromatic nitrogens is 4. The van der Waals surface area contributed by atoms with Gasteiger partial charge in [0.2, 0.25) is 0 Å². The summed E-state index contributed by atoms with van der Waals surface area (Å²) >= 11 is 0. The first kappa shape index (κ1) is 28.4. The van der Waals surface area contributed by atoms with Gasteiger partial charge >= 0.3 is 6.18 Å². The van der Waals surface area contributed by atoms with Crippen molar-refractivity contribution < 1.29 is 17.9 Å². The van der Waals surface area contributed by atoms with Crippen LogP contribution in [-0.2, 0) is 0 Å². The van der Waals surface area contributed by atoms with Crippen molar-refractivity contribution in [1.29, 1.82) is 0 Å². The van der Waals surface area contributed by atoms with Crippen LogP contribution in [0.25, 0.3) is 28.1 Å². The van der Waals surface area contributed by atoms with Gasteiger partial charge in [-0.25, -0.2) is 4.98 Å². The molecule has 1 aliphatic carbocycles. The molecule has 12 heteroatoms. The van der Waals surface area contributed by atoms with Crippen molar-refractivity contribution >= 4 is 41.4 Å². The van der Waals surface area contributed by atoms with Gasteiger partial charge in [-0.2, -0.15) is 13.2 Å². The van der Waals surface area contributed by atoms with E-state index in [-0.39, 0.29) is 36.3 Å². The van der Waals surface area contributed by atoms with Gasteiger partial charge in [0, 0.05) is 18.1 Å². The molecule has 7 nitrogen and oxygen atoms in total. The summed E-state index contributed by atoms with van der Waals surface area (Å²) in [5.41, 5.74) is 7.54. The Morgan fingerprint density at radius 1 is 1.00 bits per heavy atom. The molecule has 1 saturated heterocycles. The maximum absolute atomic E-state index is 14.3. The van der Waals surface area contributed by atoms with E-state index in [4.69, 9.17) is 15.5 Å². The minimum Gasteiger partial charge on any atom is -0.491 e. The molecule has 0 spiro atoms. The number of pyridine rings is 2. The molecule has 0 amide bonds. The Labute approximate surface area is 230 Å². The third-order valence-corrected chi connectivity index (χ3v) is 7.15. The third-order valence-electron chi connectivity index (χ3n) is 7.15. The quantitative estimate of drug-likeness (QED) is 0.319. The number of para-hydroxylation sites is 1. The Kier molecular flexibility index (Phi) is 8.37. The van der Waals surface area contributed by atoms with E-state index < -0.39 is 12.2 Å². The smallest absolute Gasteiger partial charge is 0.408 e. The molecule has 1 aliphatic heterocycles. The van der Waals surface area contributed by atoms with Gasteiger partial charge in [0.15, 0.2) is 11.5 Å². The molecule has 0 radical (unpaired) electrons. The van der Waals surface area contributed by atoms with Crippen molar-refractivity contribution in [2.24, 2.45) is 17.6 Å². The van der Waals surface area contributed by atoms with Crippen LogP contribution in [0.15, 0.2) is 48.7 Å². The lowest BCUT2D eigenvalue weighted by Gasteiger charge is -2.30. The molecule has 2 fully saturated rings. The minimum absolute atomic E-state index is 0. The fourth-order valence-electron chi connectivity index (χ4n) is 4.99. The van der Waals surface area contributed by atoms with Crippen molar-refractivity contribution in [3.63, 3.8) is 0 Å². The Morgan fingerprint density at radius 3 is 2.53 bits per heavy atom. The SMILES string of the molecule is Cl.Cl.NC[C@H]1CCN(C(c2ccc3nnc(-c4ccc5cccc(OCC6CC6)c5n4)n3c2)C(F)(F)F)C1. The minimum atomic E-state index is -4.43. The highest BCUT2D eigenvalue weighted by atomic mass is 35.5. The number of halogens is 5. The van der Waals surface area contributed by atoms with Crippen LogP contribution in [-0.4, -0.2) is 56.9 Å². The number of hydrogen-bond acceptors (Lipinski definition) is 6. The summed E-state index contributed by atoms with van der Waals surface area (Å²) in [7, 11) is 0. The summed E-state index contributed by atoms with van der Waals surface area (Å²) in [6.07, 6.45) is 0.0805. The fourth-order valence-corrected chi connectivity index (χ4v) is 4.99. The molecular formula is C26H29Cl2F3N6O. The number of fused-ring (bicyclic) bond motifs is 2. The van der Waals surface area contributed by atoms with Crippen LogP contribution in [0, 0.1) is 11.8 Å². The van der Waals surface area contributed by atoms with Gasteiger partial charge in [-0.1, -0.05) is 24.3 Å². The second kappa shape index (κ2) is 11.2.